The van der Waals surface area contributed by atoms with Crippen LogP contribution in [0.5, 0.6) is 0 Å². The molecule has 1 aliphatic carbocycles. The van der Waals surface area contributed by atoms with Crippen LogP contribution in [-0.4, -0.2) is 20.9 Å². The number of allylic oxidation sites excluding steroid dienone is 2. The minimum absolute atomic E-state index is 0. The van der Waals surface area contributed by atoms with E-state index in [1.165, 1.54) is 60.1 Å². The van der Waals surface area contributed by atoms with Gasteiger partial charge in [-0.25, -0.2) is 4.98 Å². The summed E-state index contributed by atoms with van der Waals surface area (Å²) in [4.78, 5) is 20.9. The second kappa shape index (κ2) is 14.9. The van der Waals surface area contributed by atoms with E-state index in [9.17, 15) is 9.90 Å². The van der Waals surface area contributed by atoms with Crippen molar-refractivity contribution >= 4 is 27.5 Å². The Hall–Kier alpha value is -2.88. The van der Waals surface area contributed by atoms with Crippen molar-refractivity contribution in [2.45, 2.75) is 99.8 Å². The molecule has 0 unspecified atom stereocenters. The summed E-state index contributed by atoms with van der Waals surface area (Å²) in [6, 6.07) is 21.2. The topological polar surface area (TPSA) is 63.1 Å². The average molecular weight is 770 g/mol. The zero-order valence-electron chi connectivity index (χ0n) is 27.8. The molecule has 1 aliphatic rings. The van der Waals surface area contributed by atoms with Crippen molar-refractivity contribution in [3.05, 3.63) is 83.9 Å². The maximum atomic E-state index is 11.5. The number of rotatable bonds is 5. The fourth-order valence-electron chi connectivity index (χ4n) is 5.63. The van der Waals surface area contributed by atoms with Gasteiger partial charge in [-0.05, 0) is 34.4 Å². The molecule has 1 aromatic heterocycles. The SMILES string of the molecule is CC(C)(C)C(=O)/C=C(\O)C(C)(C)C.CC(C)Cc1cccc2ccc3c(-c4[c-]cc(C5CCCCC5)cc4)ncnc3c12.[Ir]. The summed E-state index contributed by atoms with van der Waals surface area (Å²) in [5, 5.41) is 13.2. The van der Waals surface area contributed by atoms with Gasteiger partial charge in [0.2, 0.25) is 0 Å². The number of benzene rings is 3. The van der Waals surface area contributed by atoms with Crippen LogP contribution in [0, 0.1) is 22.8 Å². The Labute approximate surface area is 278 Å². The summed E-state index contributed by atoms with van der Waals surface area (Å²) in [5.74, 6) is 1.41. The quantitative estimate of drug-likeness (QED) is 0.0950. The van der Waals surface area contributed by atoms with Gasteiger partial charge in [-0.1, -0.05) is 124 Å². The van der Waals surface area contributed by atoms with Gasteiger partial charge in [0.15, 0.2) is 5.78 Å². The van der Waals surface area contributed by atoms with Crippen molar-refractivity contribution in [3.8, 4) is 11.3 Å². The van der Waals surface area contributed by atoms with E-state index in [0.29, 0.717) is 11.8 Å². The molecule has 1 saturated carbocycles. The van der Waals surface area contributed by atoms with E-state index >= 15 is 0 Å². The van der Waals surface area contributed by atoms with E-state index in [1.807, 2.05) is 41.5 Å². The third-order valence-electron chi connectivity index (χ3n) is 8.31. The van der Waals surface area contributed by atoms with Gasteiger partial charge in [-0.2, -0.15) is 0 Å². The van der Waals surface area contributed by atoms with Gasteiger partial charge in [0, 0.05) is 42.4 Å². The van der Waals surface area contributed by atoms with Gasteiger partial charge in [0.1, 0.15) is 12.1 Å². The van der Waals surface area contributed by atoms with Crippen LogP contribution < -0.4 is 0 Å². The number of carbonyl (C=O) groups excluding carboxylic acids is 1. The summed E-state index contributed by atoms with van der Waals surface area (Å²) in [6.07, 6.45) is 10.8. The Balaban J connectivity index is 0.000000324. The molecule has 0 saturated heterocycles. The molecule has 1 N–H and O–H groups in total. The molecule has 1 heterocycles. The predicted molar refractivity (Wildman–Crippen MR) is 180 cm³/mol. The van der Waals surface area contributed by atoms with Crippen LogP contribution >= 0.6 is 0 Å². The van der Waals surface area contributed by atoms with Gasteiger partial charge < -0.3 is 5.11 Å². The van der Waals surface area contributed by atoms with E-state index in [2.05, 4.69) is 73.4 Å². The molecule has 4 aromatic rings. The van der Waals surface area contributed by atoms with Gasteiger partial charge in [0.05, 0.1) is 5.52 Å². The number of hydrogen-bond acceptors (Lipinski definition) is 4. The first-order valence-electron chi connectivity index (χ1n) is 15.9. The van der Waals surface area contributed by atoms with Crippen LogP contribution in [-0.2, 0) is 31.3 Å². The largest absolute Gasteiger partial charge is 0.512 e. The maximum absolute atomic E-state index is 11.5. The number of aliphatic hydroxyl groups is 1. The first-order chi connectivity index (χ1) is 20.3. The number of fused-ring (bicyclic) bond motifs is 3. The van der Waals surface area contributed by atoms with Gasteiger partial charge >= 0.3 is 0 Å². The summed E-state index contributed by atoms with van der Waals surface area (Å²) in [6.45, 7) is 15.7. The Morgan fingerprint density at radius 3 is 2.25 bits per heavy atom. The Morgan fingerprint density at radius 2 is 1.66 bits per heavy atom. The molecule has 0 atom stereocenters. The van der Waals surface area contributed by atoms with Gasteiger partial charge in [0.25, 0.3) is 0 Å². The number of ketones is 1. The first-order valence-corrected chi connectivity index (χ1v) is 15.9. The average Bonchev–Trinajstić information content (AvgIpc) is 2.96. The maximum Gasteiger partial charge on any atom is 0.164 e. The predicted octanol–water partition coefficient (Wildman–Crippen LogP) is 10.6. The normalized spacial score (nSPS) is 14.7. The Bertz CT molecular complexity index is 1590. The minimum Gasteiger partial charge on any atom is -0.512 e. The molecule has 3 aromatic carbocycles. The molecule has 5 heteroatoms. The van der Waals surface area contributed by atoms with Crippen LogP contribution in [0.15, 0.2) is 66.7 Å². The third kappa shape index (κ3) is 8.86. The zero-order valence-corrected chi connectivity index (χ0v) is 30.1. The van der Waals surface area contributed by atoms with Crippen molar-refractivity contribution in [2.24, 2.45) is 16.7 Å². The molecular formula is C39H49IrN2O2-. The van der Waals surface area contributed by atoms with Crippen molar-refractivity contribution in [1.82, 2.24) is 9.97 Å². The van der Waals surface area contributed by atoms with E-state index in [4.69, 9.17) is 4.98 Å². The van der Waals surface area contributed by atoms with Crippen molar-refractivity contribution in [2.75, 3.05) is 0 Å². The van der Waals surface area contributed by atoms with Crippen LogP contribution in [0.2, 0.25) is 0 Å². The number of aliphatic hydroxyl groups excluding tert-OH is 1. The summed E-state index contributed by atoms with van der Waals surface area (Å²) < 4.78 is 0. The van der Waals surface area contributed by atoms with E-state index in [-0.39, 0.29) is 37.1 Å². The summed E-state index contributed by atoms with van der Waals surface area (Å²) in [5.41, 5.74) is 5.13. The molecule has 4 nitrogen and oxygen atoms in total. The molecular weight excluding hydrogens is 721 g/mol. The molecule has 237 valence electrons. The van der Waals surface area contributed by atoms with Crippen LogP contribution in [0.4, 0.5) is 0 Å². The first kappa shape index (κ1) is 35.6. The second-order valence-corrected chi connectivity index (χ2v) is 14.6. The minimum atomic E-state index is -0.417. The second-order valence-electron chi connectivity index (χ2n) is 14.6. The fourth-order valence-corrected chi connectivity index (χ4v) is 5.63. The van der Waals surface area contributed by atoms with E-state index in [0.717, 1.165) is 28.6 Å². The molecule has 5 rings (SSSR count). The smallest absolute Gasteiger partial charge is 0.164 e. The van der Waals surface area contributed by atoms with Crippen molar-refractivity contribution < 1.29 is 30.0 Å². The van der Waals surface area contributed by atoms with Gasteiger partial charge in [-0.3, -0.25) is 9.78 Å². The molecule has 0 amide bonds. The fraction of sp³-hybridized carbons (Fsp3) is 0.462. The Morgan fingerprint density at radius 1 is 0.955 bits per heavy atom. The van der Waals surface area contributed by atoms with Crippen LogP contribution in [0.3, 0.4) is 0 Å². The Kier molecular flexibility index (Phi) is 12.1. The number of hydrogen-bond donors (Lipinski definition) is 1. The molecule has 1 radical (unpaired) electrons. The monoisotopic (exact) mass is 770 g/mol. The third-order valence-corrected chi connectivity index (χ3v) is 8.31. The summed E-state index contributed by atoms with van der Waals surface area (Å²) >= 11 is 0. The van der Waals surface area contributed by atoms with Gasteiger partial charge in [-0.15, -0.1) is 35.4 Å². The molecule has 0 aliphatic heterocycles. The molecule has 0 spiro atoms. The standard InChI is InChI=1S/C28H29N2.C11H20O2.Ir/c1-19(2)17-24-10-6-9-22-15-16-25-27(29-18-30-28(25)26(22)24)23-13-11-21(12-14-23)20-7-4-3-5-8-20;1-10(2,3)8(12)7-9(13)11(4,5)6;/h6,9-13,15-16,18-20H,3-5,7-8,17H2,1-2H3;7,12H,1-6H3;/q-1;;/b;8-7-;. The van der Waals surface area contributed by atoms with Crippen LogP contribution in [0.25, 0.3) is 32.9 Å². The number of aromatic nitrogens is 2. The number of carbonyl (C=O) groups is 1. The van der Waals surface area contributed by atoms with Crippen molar-refractivity contribution in [3.63, 3.8) is 0 Å². The zero-order chi connectivity index (χ0) is 31.4. The van der Waals surface area contributed by atoms with Crippen LogP contribution in [0.1, 0.15) is 105 Å². The summed E-state index contributed by atoms with van der Waals surface area (Å²) in [7, 11) is 0. The van der Waals surface area contributed by atoms with E-state index in [1.54, 1.807) is 6.33 Å². The van der Waals surface area contributed by atoms with Crippen molar-refractivity contribution in [1.29, 1.82) is 0 Å². The number of nitrogens with zero attached hydrogens (tertiary/aromatic N) is 2. The molecule has 0 bridgehead atoms. The molecule has 1 fully saturated rings. The van der Waals surface area contributed by atoms with E-state index < -0.39 is 5.41 Å². The molecule has 44 heavy (non-hydrogen) atoms.